The van der Waals surface area contributed by atoms with E-state index in [0.717, 1.165) is 11.6 Å². The number of rotatable bonds is 4. The number of halogens is 1. The zero-order valence-corrected chi connectivity index (χ0v) is 12.3. The van der Waals surface area contributed by atoms with E-state index in [1.165, 1.54) is 25.7 Å². The molecule has 0 spiro atoms. The van der Waals surface area contributed by atoms with Gasteiger partial charge in [-0.05, 0) is 43.9 Å². The standard InChI is InChI=1S/C15H21ClN2O/c1-10(11-5-3-4-6-11)18-12-7-8-14(16)13(9-12)15(19)17-2/h7-11,18H,3-6H2,1-2H3,(H,17,19). The van der Waals surface area contributed by atoms with Crippen molar-refractivity contribution in [1.29, 1.82) is 0 Å². The molecule has 1 aliphatic carbocycles. The number of benzene rings is 1. The zero-order valence-electron chi connectivity index (χ0n) is 11.5. The minimum atomic E-state index is -0.151. The highest BCUT2D eigenvalue weighted by molar-refractivity contribution is 6.34. The van der Waals surface area contributed by atoms with Crippen LogP contribution in [0.15, 0.2) is 18.2 Å². The fraction of sp³-hybridized carbons (Fsp3) is 0.533. The molecule has 2 rings (SSSR count). The van der Waals surface area contributed by atoms with E-state index >= 15 is 0 Å². The van der Waals surface area contributed by atoms with E-state index in [9.17, 15) is 4.79 Å². The van der Waals surface area contributed by atoms with Gasteiger partial charge in [-0.25, -0.2) is 0 Å². The molecule has 1 aromatic rings. The van der Waals surface area contributed by atoms with Crippen molar-refractivity contribution >= 4 is 23.2 Å². The molecule has 104 valence electrons. The molecule has 0 radical (unpaired) electrons. The predicted molar refractivity (Wildman–Crippen MR) is 79.9 cm³/mol. The predicted octanol–water partition coefficient (Wildman–Crippen LogP) is 3.69. The van der Waals surface area contributed by atoms with Crippen molar-refractivity contribution in [2.75, 3.05) is 12.4 Å². The maximum absolute atomic E-state index is 11.7. The molecular weight excluding hydrogens is 260 g/mol. The van der Waals surface area contributed by atoms with E-state index in [-0.39, 0.29) is 5.91 Å². The van der Waals surface area contributed by atoms with E-state index in [0.29, 0.717) is 16.6 Å². The minimum Gasteiger partial charge on any atom is -0.382 e. The molecule has 1 amide bonds. The first-order valence-corrected chi connectivity index (χ1v) is 7.27. The molecule has 0 aliphatic heterocycles. The molecule has 0 saturated heterocycles. The van der Waals surface area contributed by atoms with Gasteiger partial charge in [0.1, 0.15) is 0 Å². The van der Waals surface area contributed by atoms with Crippen LogP contribution in [0.2, 0.25) is 5.02 Å². The lowest BCUT2D eigenvalue weighted by molar-refractivity contribution is 0.0963. The second-order valence-electron chi connectivity index (χ2n) is 5.25. The Labute approximate surface area is 119 Å². The second kappa shape index (κ2) is 6.29. The van der Waals surface area contributed by atoms with Gasteiger partial charge in [-0.3, -0.25) is 4.79 Å². The van der Waals surface area contributed by atoms with Crippen LogP contribution in [0.1, 0.15) is 43.0 Å². The van der Waals surface area contributed by atoms with Crippen LogP contribution < -0.4 is 10.6 Å². The smallest absolute Gasteiger partial charge is 0.252 e. The highest BCUT2D eigenvalue weighted by Crippen LogP contribution is 2.30. The van der Waals surface area contributed by atoms with Crippen molar-refractivity contribution in [1.82, 2.24) is 5.32 Å². The van der Waals surface area contributed by atoms with Crippen LogP contribution in [-0.4, -0.2) is 19.0 Å². The summed E-state index contributed by atoms with van der Waals surface area (Å²) in [5.74, 6) is 0.585. The lowest BCUT2D eigenvalue weighted by atomic mass is 9.99. The average Bonchev–Trinajstić information content (AvgIpc) is 2.94. The van der Waals surface area contributed by atoms with Crippen LogP contribution in [0.4, 0.5) is 5.69 Å². The zero-order chi connectivity index (χ0) is 13.8. The Morgan fingerprint density at radius 1 is 1.37 bits per heavy atom. The maximum atomic E-state index is 11.7. The summed E-state index contributed by atoms with van der Waals surface area (Å²) in [6.45, 7) is 2.21. The van der Waals surface area contributed by atoms with Crippen LogP contribution in [0.5, 0.6) is 0 Å². The summed E-state index contributed by atoms with van der Waals surface area (Å²) in [4.78, 5) is 11.7. The highest BCUT2D eigenvalue weighted by atomic mass is 35.5. The van der Waals surface area contributed by atoms with E-state index in [2.05, 4.69) is 17.6 Å². The van der Waals surface area contributed by atoms with Gasteiger partial charge in [-0.15, -0.1) is 0 Å². The van der Waals surface area contributed by atoms with Gasteiger partial charge < -0.3 is 10.6 Å². The molecule has 0 heterocycles. The first-order valence-electron chi connectivity index (χ1n) is 6.90. The molecule has 0 bridgehead atoms. The quantitative estimate of drug-likeness (QED) is 0.883. The number of anilines is 1. The second-order valence-corrected chi connectivity index (χ2v) is 5.66. The normalized spacial score (nSPS) is 17.2. The molecule has 1 aliphatic rings. The van der Waals surface area contributed by atoms with Gasteiger partial charge in [0.25, 0.3) is 5.91 Å². The van der Waals surface area contributed by atoms with Gasteiger partial charge in [0.05, 0.1) is 10.6 Å². The van der Waals surface area contributed by atoms with Gasteiger partial charge in [-0.2, -0.15) is 0 Å². The van der Waals surface area contributed by atoms with Gasteiger partial charge in [-0.1, -0.05) is 24.4 Å². The number of nitrogens with one attached hydrogen (secondary N) is 2. The molecule has 4 heteroatoms. The summed E-state index contributed by atoms with van der Waals surface area (Å²) in [5, 5.41) is 6.58. The molecular formula is C15H21ClN2O. The van der Waals surface area contributed by atoms with Gasteiger partial charge in [0, 0.05) is 18.8 Å². The number of carbonyl (C=O) groups excluding carboxylic acids is 1. The Morgan fingerprint density at radius 3 is 2.68 bits per heavy atom. The number of hydrogen-bond donors (Lipinski definition) is 2. The van der Waals surface area contributed by atoms with E-state index < -0.39 is 0 Å². The highest BCUT2D eigenvalue weighted by Gasteiger charge is 2.21. The van der Waals surface area contributed by atoms with E-state index in [4.69, 9.17) is 11.6 Å². The summed E-state index contributed by atoms with van der Waals surface area (Å²) in [6.07, 6.45) is 5.26. The third kappa shape index (κ3) is 3.41. The molecule has 2 N–H and O–H groups in total. The van der Waals surface area contributed by atoms with E-state index in [1.54, 1.807) is 13.1 Å². The molecule has 1 saturated carbocycles. The fourth-order valence-electron chi connectivity index (χ4n) is 2.76. The molecule has 0 aromatic heterocycles. The molecule has 3 nitrogen and oxygen atoms in total. The Balaban J connectivity index is 2.10. The first kappa shape index (κ1) is 14.2. The number of amides is 1. The van der Waals surface area contributed by atoms with Crippen LogP contribution in [-0.2, 0) is 0 Å². The first-order chi connectivity index (χ1) is 9.11. The third-order valence-corrected chi connectivity index (χ3v) is 4.27. The van der Waals surface area contributed by atoms with Crippen LogP contribution >= 0.6 is 11.6 Å². The SMILES string of the molecule is CNC(=O)c1cc(NC(C)C2CCCC2)ccc1Cl. The van der Waals surface area contributed by atoms with Crippen molar-refractivity contribution in [3.8, 4) is 0 Å². The summed E-state index contributed by atoms with van der Waals surface area (Å²) in [6, 6.07) is 5.96. The van der Waals surface area contributed by atoms with Crippen molar-refractivity contribution in [2.45, 2.75) is 38.6 Å². The van der Waals surface area contributed by atoms with E-state index in [1.807, 2.05) is 12.1 Å². The molecule has 1 atom stereocenters. The minimum absolute atomic E-state index is 0.151. The molecule has 1 fully saturated rings. The third-order valence-electron chi connectivity index (χ3n) is 3.94. The number of carbonyl (C=O) groups is 1. The molecule has 1 aromatic carbocycles. The summed E-state index contributed by atoms with van der Waals surface area (Å²) >= 11 is 6.04. The van der Waals surface area contributed by atoms with Crippen LogP contribution in [0, 0.1) is 5.92 Å². The Bertz CT molecular complexity index is 455. The Morgan fingerprint density at radius 2 is 2.05 bits per heavy atom. The summed E-state index contributed by atoms with van der Waals surface area (Å²) in [5.41, 5.74) is 1.48. The summed E-state index contributed by atoms with van der Waals surface area (Å²) < 4.78 is 0. The average molecular weight is 281 g/mol. The van der Waals surface area contributed by atoms with Crippen molar-refractivity contribution < 1.29 is 4.79 Å². The number of hydrogen-bond acceptors (Lipinski definition) is 2. The topological polar surface area (TPSA) is 41.1 Å². The largest absolute Gasteiger partial charge is 0.382 e. The lowest BCUT2D eigenvalue weighted by Crippen LogP contribution is -2.24. The molecule has 19 heavy (non-hydrogen) atoms. The summed E-state index contributed by atoms with van der Waals surface area (Å²) in [7, 11) is 1.61. The Kier molecular flexibility index (Phi) is 4.70. The van der Waals surface area contributed by atoms with Crippen LogP contribution in [0.25, 0.3) is 0 Å². The Hall–Kier alpha value is -1.22. The van der Waals surface area contributed by atoms with Crippen molar-refractivity contribution in [3.63, 3.8) is 0 Å². The monoisotopic (exact) mass is 280 g/mol. The van der Waals surface area contributed by atoms with Crippen molar-refractivity contribution in [3.05, 3.63) is 28.8 Å². The maximum Gasteiger partial charge on any atom is 0.252 e. The van der Waals surface area contributed by atoms with Crippen molar-refractivity contribution in [2.24, 2.45) is 5.92 Å². The fourth-order valence-corrected chi connectivity index (χ4v) is 2.97. The molecule has 1 unspecified atom stereocenters. The van der Waals surface area contributed by atoms with Gasteiger partial charge in [0.2, 0.25) is 0 Å². The van der Waals surface area contributed by atoms with Crippen LogP contribution in [0.3, 0.4) is 0 Å². The van der Waals surface area contributed by atoms with Gasteiger partial charge in [0.15, 0.2) is 0 Å². The van der Waals surface area contributed by atoms with Gasteiger partial charge >= 0.3 is 0 Å². The lowest BCUT2D eigenvalue weighted by Gasteiger charge is -2.22.